The fourth-order valence-electron chi connectivity index (χ4n) is 2.73. The molecule has 0 aromatic heterocycles. The van der Waals surface area contributed by atoms with Gasteiger partial charge in [-0.3, -0.25) is 4.90 Å². The maximum absolute atomic E-state index is 5.81. The molecule has 1 heterocycles. The van der Waals surface area contributed by atoms with Gasteiger partial charge >= 0.3 is 0 Å². The van der Waals surface area contributed by atoms with E-state index >= 15 is 0 Å². The van der Waals surface area contributed by atoms with Crippen LogP contribution in [0.4, 0.5) is 0 Å². The Balaban J connectivity index is 2.02. The number of likely N-dealkylation sites (tertiary alicyclic amines) is 1. The molecule has 2 unspecified atom stereocenters. The lowest BCUT2D eigenvalue weighted by molar-refractivity contribution is 0.134. The van der Waals surface area contributed by atoms with Crippen molar-refractivity contribution in [2.75, 3.05) is 25.9 Å². The van der Waals surface area contributed by atoms with Gasteiger partial charge in [-0.05, 0) is 62.7 Å². The second-order valence-corrected chi connectivity index (χ2v) is 6.07. The van der Waals surface area contributed by atoms with E-state index in [0.29, 0.717) is 12.0 Å². The molecule has 0 bridgehead atoms. The lowest BCUT2D eigenvalue weighted by atomic mass is 9.95. The Hall–Kier alpha value is -0.510. The van der Waals surface area contributed by atoms with Crippen molar-refractivity contribution in [1.29, 1.82) is 0 Å². The van der Waals surface area contributed by atoms with Gasteiger partial charge < -0.3 is 5.73 Å². The summed E-state index contributed by atoms with van der Waals surface area (Å²) in [6.07, 6.45) is 4.70. The predicted octanol–water partition coefficient (Wildman–Crippen LogP) is 3.14. The molecule has 0 aliphatic carbocycles. The summed E-state index contributed by atoms with van der Waals surface area (Å²) in [4.78, 5) is 3.92. The summed E-state index contributed by atoms with van der Waals surface area (Å²) in [6.45, 7) is 5.51. The summed E-state index contributed by atoms with van der Waals surface area (Å²) in [7, 11) is 0. The van der Waals surface area contributed by atoms with Crippen molar-refractivity contribution in [2.45, 2.75) is 30.7 Å². The molecule has 1 fully saturated rings. The molecular formula is C15H24N2S. The van der Waals surface area contributed by atoms with Crippen molar-refractivity contribution in [3.05, 3.63) is 29.8 Å². The Morgan fingerprint density at radius 1 is 1.39 bits per heavy atom. The first kappa shape index (κ1) is 13.9. The topological polar surface area (TPSA) is 29.3 Å². The van der Waals surface area contributed by atoms with Crippen molar-refractivity contribution in [1.82, 2.24) is 4.90 Å². The molecular weight excluding hydrogens is 240 g/mol. The van der Waals surface area contributed by atoms with Crippen molar-refractivity contribution in [2.24, 2.45) is 11.7 Å². The van der Waals surface area contributed by atoms with E-state index in [4.69, 9.17) is 5.73 Å². The monoisotopic (exact) mass is 264 g/mol. The van der Waals surface area contributed by atoms with E-state index < -0.39 is 0 Å². The molecule has 1 aliphatic heterocycles. The number of piperidine rings is 1. The van der Waals surface area contributed by atoms with Gasteiger partial charge in [-0.25, -0.2) is 0 Å². The molecule has 3 heteroatoms. The minimum atomic E-state index is 0.509. The summed E-state index contributed by atoms with van der Waals surface area (Å²) >= 11 is 1.80. The minimum Gasteiger partial charge on any atom is -0.330 e. The van der Waals surface area contributed by atoms with E-state index in [0.717, 1.165) is 13.1 Å². The molecule has 2 atom stereocenters. The Kier molecular flexibility index (Phi) is 5.10. The van der Waals surface area contributed by atoms with E-state index in [1.165, 1.54) is 29.8 Å². The third-order valence-corrected chi connectivity index (χ3v) is 4.77. The quantitative estimate of drug-likeness (QED) is 0.847. The van der Waals surface area contributed by atoms with Crippen LogP contribution >= 0.6 is 11.8 Å². The molecule has 1 saturated heterocycles. The number of thioether (sulfide) groups is 1. The number of nitrogens with zero attached hydrogens (tertiary/aromatic N) is 1. The van der Waals surface area contributed by atoms with Gasteiger partial charge in [-0.2, -0.15) is 0 Å². The zero-order valence-electron chi connectivity index (χ0n) is 11.4. The van der Waals surface area contributed by atoms with Crippen molar-refractivity contribution < 1.29 is 0 Å². The maximum atomic E-state index is 5.81. The van der Waals surface area contributed by atoms with Gasteiger partial charge in [0.1, 0.15) is 0 Å². The van der Waals surface area contributed by atoms with Gasteiger partial charge in [0.2, 0.25) is 0 Å². The van der Waals surface area contributed by atoms with Crippen LogP contribution in [0.2, 0.25) is 0 Å². The predicted molar refractivity (Wildman–Crippen MR) is 80.0 cm³/mol. The normalized spacial score (nSPS) is 22.9. The fourth-order valence-corrected chi connectivity index (χ4v) is 3.14. The highest BCUT2D eigenvalue weighted by Gasteiger charge is 2.23. The molecule has 1 aromatic carbocycles. The highest BCUT2D eigenvalue weighted by Crippen LogP contribution is 2.27. The van der Waals surface area contributed by atoms with Crippen molar-refractivity contribution >= 4 is 11.8 Å². The lowest BCUT2D eigenvalue weighted by Gasteiger charge is -2.36. The Morgan fingerprint density at radius 3 is 2.72 bits per heavy atom. The zero-order chi connectivity index (χ0) is 13.0. The van der Waals surface area contributed by atoms with Crippen LogP contribution in [0.1, 0.15) is 31.4 Å². The standard InChI is InChI=1S/C15H24N2S/c1-12(14-5-7-15(18-2)8-6-14)17-9-3-4-13(10-16)11-17/h5-8,12-13H,3-4,9-11,16H2,1-2H3. The molecule has 2 rings (SSSR count). The first-order valence-corrected chi connectivity index (χ1v) is 8.05. The van der Waals surface area contributed by atoms with Crippen LogP contribution in [0.3, 0.4) is 0 Å². The van der Waals surface area contributed by atoms with Crippen LogP contribution in [-0.4, -0.2) is 30.8 Å². The van der Waals surface area contributed by atoms with E-state index in [-0.39, 0.29) is 0 Å². The van der Waals surface area contributed by atoms with Crippen LogP contribution in [0, 0.1) is 5.92 Å². The van der Waals surface area contributed by atoms with Gasteiger partial charge in [0.15, 0.2) is 0 Å². The van der Waals surface area contributed by atoms with E-state index in [1.54, 1.807) is 11.8 Å². The maximum Gasteiger partial charge on any atom is 0.0320 e. The number of nitrogens with two attached hydrogens (primary N) is 1. The molecule has 0 amide bonds. The summed E-state index contributed by atoms with van der Waals surface area (Å²) in [5.41, 5.74) is 7.23. The molecule has 2 nitrogen and oxygen atoms in total. The zero-order valence-corrected chi connectivity index (χ0v) is 12.2. The van der Waals surface area contributed by atoms with Gasteiger partial charge in [-0.1, -0.05) is 12.1 Å². The highest BCUT2D eigenvalue weighted by atomic mass is 32.2. The Morgan fingerprint density at radius 2 is 2.11 bits per heavy atom. The molecule has 1 aliphatic rings. The summed E-state index contributed by atoms with van der Waals surface area (Å²) in [5.74, 6) is 0.687. The molecule has 2 N–H and O–H groups in total. The molecule has 0 saturated carbocycles. The summed E-state index contributed by atoms with van der Waals surface area (Å²) in [6, 6.07) is 9.49. The fraction of sp³-hybridized carbons (Fsp3) is 0.600. The molecule has 18 heavy (non-hydrogen) atoms. The number of rotatable bonds is 4. The second kappa shape index (κ2) is 6.60. The Labute approximate surface area is 115 Å². The lowest BCUT2D eigenvalue weighted by Crippen LogP contribution is -2.39. The van der Waals surface area contributed by atoms with Gasteiger partial charge in [0.05, 0.1) is 0 Å². The summed E-state index contributed by atoms with van der Waals surface area (Å²) in [5, 5.41) is 0. The highest BCUT2D eigenvalue weighted by molar-refractivity contribution is 7.98. The first-order valence-electron chi connectivity index (χ1n) is 6.82. The number of hydrogen-bond donors (Lipinski definition) is 1. The Bertz CT molecular complexity index is 363. The number of benzene rings is 1. The minimum absolute atomic E-state index is 0.509. The third-order valence-electron chi connectivity index (χ3n) is 4.03. The molecule has 1 aromatic rings. The van der Waals surface area contributed by atoms with Gasteiger partial charge in [0.25, 0.3) is 0 Å². The smallest absolute Gasteiger partial charge is 0.0320 e. The van der Waals surface area contributed by atoms with E-state index in [9.17, 15) is 0 Å². The van der Waals surface area contributed by atoms with Crippen LogP contribution in [0.15, 0.2) is 29.2 Å². The first-order chi connectivity index (χ1) is 8.74. The average Bonchev–Trinajstić information content (AvgIpc) is 2.46. The largest absolute Gasteiger partial charge is 0.330 e. The summed E-state index contributed by atoms with van der Waals surface area (Å²) < 4.78 is 0. The van der Waals surface area contributed by atoms with Crippen LogP contribution in [0.5, 0.6) is 0 Å². The third kappa shape index (κ3) is 3.28. The van der Waals surface area contributed by atoms with Crippen molar-refractivity contribution in [3.63, 3.8) is 0 Å². The number of hydrogen-bond acceptors (Lipinski definition) is 3. The molecule has 100 valence electrons. The molecule has 0 radical (unpaired) electrons. The SMILES string of the molecule is CSc1ccc(C(C)N2CCCC(CN)C2)cc1. The van der Waals surface area contributed by atoms with E-state index in [1.807, 2.05) is 0 Å². The molecule has 0 spiro atoms. The van der Waals surface area contributed by atoms with Gasteiger partial charge in [-0.15, -0.1) is 11.8 Å². The second-order valence-electron chi connectivity index (χ2n) is 5.19. The van der Waals surface area contributed by atoms with Crippen LogP contribution in [0.25, 0.3) is 0 Å². The van der Waals surface area contributed by atoms with Gasteiger partial charge in [0, 0.05) is 17.5 Å². The van der Waals surface area contributed by atoms with Crippen LogP contribution in [-0.2, 0) is 0 Å². The van der Waals surface area contributed by atoms with Crippen molar-refractivity contribution in [3.8, 4) is 0 Å². The average molecular weight is 264 g/mol. The van der Waals surface area contributed by atoms with Crippen LogP contribution < -0.4 is 5.73 Å². The van der Waals surface area contributed by atoms with E-state index in [2.05, 4.69) is 42.3 Å².